The Morgan fingerprint density at radius 3 is 2.75 bits per heavy atom. The smallest absolute Gasteiger partial charge is 0.226 e. The molecule has 3 aromatic rings. The lowest BCUT2D eigenvalue weighted by molar-refractivity contribution is -0.116. The van der Waals surface area contributed by atoms with Crippen molar-refractivity contribution in [3.8, 4) is 11.5 Å². The van der Waals surface area contributed by atoms with E-state index in [1.54, 1.807) is 0 Å². The maximum Gasteiger partial charge on any atom is 0.226 e. The number of nitrogens with one attached hydrogen (secondary N) is 1. The van der Waals surface area contributed by atoms with Gasteiger partial charge in [-0.2, -0.15) is 0 Å². The number of ether oxygens (including phenoxy) is 2. The third-order valence-electron chi connectivity index (χ3n) is 4.27. The third-order valence-corrected chi connectivity index (χ3v) is 5.21. The second-order valence-corrected chi connectivity index (χ2v) is 7.65. The monoisotopic (exact) mass is 398 g/mol. The van der Waals surface area contributed by atoms with Gasteiger partial charge in [0.1, 0.15) is 11.5 Å². The number of carbonyl (C=O) groups excluding carboxylic acids is 1. The third kappa shape index (κ3) is 5.70. The standard InChI is InChI=1S/C22H26N2O3S/c1-3-4-13-26-17-11-12-18-20(15-17)28-22(23-18)24-21(25)10-7-14-27-19-9-6-5-8-16(19)2/h5-6,8-9,11-12,15H,3-4,7,10,13-14H2,1-2H3,(H,23,24,25). The highest BCUT2D eigenvalue weighted by atomic mass is 32.1. The molecule has 1 N–H and O–H groups in total. The number of fused-ring (bicyclic) bond motifs is 1. The van der Waals surface area contributed by atoms with Crippen LogP contribution in [0.4, 0.5) is 5.13 Å². The molecule has 0 aliphatic carbocycles. The van der Waals surface area contributed by atoms with E-state index in [0.29, 0.717) is 24.6 Å². The van der Waals surface area contributed by atoms with Gasteiger partial charge in [-0.05, 0) is 49.6 Å². The molecule has 6 heteroatoms. The van der Waals surface area contributed by atoms with Crippen molar-refractivity contribution in [2.24, 2.45) is 0 Å². The van der Waals surface area contributed by atoms with Gasteiger partial charge in [0.2, 0.25) is 5.91 Å². The fraction of sp³-hybridized carbons (Fsp3) is 0.364. The number of unbranched alkanes of at least 4 members (excludes halogenated alkanes) is 1. The van der Waals surface area contributed by atoms with E-state index in [1.807, 2.05) is 49.4 Å². The Kier molecular flexibility index (Phi) is 7.25. The van der Waals surface area contributed by atoms with Crippen molar-refractivity contribution in [1.82, 2.24) is 4.98 Å². The molecular formula is C22H26N2O3S. The first kappa shape index (κ1) is 20.1. The van der Waals surface area contributed by atoms with Crippen LogP contribution in [0.25, 0.3) is 10.2 Å². The van der Waals surface area contributed by atoms with Crippen molar-refractivity contribution in [2.45, 2.75) is 39.5 Å². The van der Waals surface area contributed by atoms with Crippen molar-refractivity contribution in [3.63, 3.8) is 0 Å². The number of hydrogen-bond donors (Lipinski definition) is 1. The topological polar surface area (TPSA) is 60.5 Å². The Hall–Kier alpha value is -2.60. The minimum atomic E-state index is -0.0492. The first-order valence-corrected chi connectivity index (χ1v) is 10.5. The lowest BCUT2D eigenvalue weighted by atomic mass is 10.2. The van der Waals surface area contributed by atoms with Crippen LogP contribution in [0.5, 0.6) is 11.5 Å². The van der Waals surface area contributed by atoms with Gasteiger partial charge in [0.25, 0.3) is 0 Å². The molecule has 3 rings (SSSR count). The largest absolute Gasteiger partial charge is 0.494 e. The van der Waals surface area contributed by atoms with E-state index < -0.39 is 0 Å². The Morgan fingerprint density at radius 1 is 1.11 bits per heavy atom. The van der Waals surface area contributed by atoms with Gasteiger partial charge in [0.05, 0.1) is 23.4 Å². The summed E-state index contributed by atoms with van der Waals surface area (Å²) in [6.07, 6.45) is 3.19. The fourth-order valence-corrected chi connectivity index (χ4v) is 3.61. The first-order chi connectivity index (χ1) is 13.7. The lowest BCUT2D eigenvalue weighted by Gasteiger charge is -2.08. The normalized spacial score (nSPS) is 10.8. The number of anilines is 1. The number of thiazole rings is 1. The molecule has 0 aliphatic rings. The van der Waals surface area contributed by atoms with Gasteiger partial charge in [-0.15, -0.1) is 0 Å². The van der Waals surface area contributed by atoms with Crippen LogP contribution in [0.3, 0.4) is 0 Å². The Bertz CT molecular complexity index is 923. The van der Waals surface area contributed by atoms with E-state index in [0.717, 1.165) is 46.7 Å². The second kappa shape index (κ2) is 10.1. The van der Waals surface area contributed by atoms with E-state index in [9.17, 15) is 4.79 Å². The summed E-state index contributed by atoms with van der Waals surface area (Å²) in [6, 6.07) is 13.7. The predicted octanol–water partition coefficient (Wildman–Crippen LogP) is 5.58. The maximum atomic E-state index is 12.2. The van der Waals surface area contributed by atoms with E-state index in [1.165, 1.54) is 11.3 Å². The number of carbonyl (C=O) groups is 1. The molecule has 0 bridgehead atoms. The molecule has 0 fully saturated rings. The summed E-state index contributed by atoms with van der Waals surface area (Å²) in [5.74, 6) is 1.66. The van der Waals surface area contributed by atoms with Gasteiger partial charge < -0.3 is 14.8 Å². The van der Waals surface area contributed by atoms with Crippen LogP contribution in [-0.2, 0) is 4.79 Å². The second-order valence-electron chi connectivity index (χ2n) is 6.62. The average Bonchev–Trinajstić information content (AvgIpc) is 3.08. The maximum absolute atomic E-state index is 12.2. The number of aromatic nitrogens is 1. The fourth-order valence-electron chi connectivity index (χ4n) is 2.70. The lowest BCUT2D eigenvalue weighted by Crippen LogP contribution is -2.12. The molecule has 1 heterocycles. The molecule has 148 valence electrons. The van der Waals surface area contributed by atoms with Crippen LogP contribution < -0.4 is 14.8 Å². The summed E-state index contributed by atoms with van der Waals surface area (Å²) in [4.78, 5) is 16.7. The first-order valence-electron chi connectivity index (χ1n) is 9.67. The quantitative estimate of drug-likeness (QED) is 0.453. The van der Waals surface area contributed by atoms with Gasteiger partial charge in [-0.25, -0.2) is 4.98 Å². The molecule has 28 heavy (non-hydrogen) atoms. The molecule has 0 atom stereocenters. The number of rotatable bonds is 10. The van der Waals surface area contributed by atoms with Gasteiger partial charge in [-0.1, -0.05) is 42.9 Å². The molecule has 1 amide bonds. The SMILES string of the molecule is CCCCOc1ccc2nc(NC(=O)CCCOc3ccccc3C)sc2c1. The summed E-state index contributed by atoms with van der Waals surface area (Å²) in [5, 5.41) is 3.50. The van der Waals surface area contributed by atoms with Gasteiger partial charge in [-0.3, -0.25) is 4.79 Å². The zero-order chi connectivity index (χ0) is 19.8. The summed E-state index contributed by atoms with van der Waals surface area (Å²) in [6.45, 7) is 5.38. The van der Waals surface area contributed by atoms with Gasteiger partial charge >= 0.3 is 0 Å². The van der Waals surface area contributed by atoms with Crippen molar-refractivity contribution in [2.75, 3.05) is 18.5 Å². The van der Waals surface area contributed by atoms with E-state index in [2.05, 4.69) is 17.2 Å². The zero-order valence-electron chi connectivity index (χ0n) is 16.4. The Morgan fingerprint density at radius 2 is 1.93 bits per heavy atom. The summed E-state index contributed by atoms with van der Waals surface area (Å²) >= 11 is 1.46. The number of aryl methyl sites for hydroxylation is 1. The summed E-state index contributed by atoms with van der Waals surface area (Å²) in [7, 11) is 0. The molecule has 0 spiro atoms. The van der Waals surface area contributed by atoms with Crippen LogP contribution in [0.2, 0.25) is 0 Å². The van der Waals surface area contributed by atoms with Crippen molar-refractivity contribution in [1.29, 1.82) is 0 Å². The van der Waals surface area contributed by atoms with Gasteiger partial charge in [0.15, 0.2) is 5.13 Å². The number of nitrogens with zero attached hydrogens (tertiary/aromatic N) is 1. The van der Waals surface area contributed by atoms with E-state index >= 15 is 0 Å². The Balaban J connectivity index is 1.47. The summed E-state index contributed by atoms with van der Waals surface area (Å²) < 4.78 is 12.5. The molecule has 2 aromatic carbocycles. The van der Waals surface area contributed by atoms with Crippen LogP contribution in [0.1, 0.15) is 38.2 Å². The number of hydrogen-bond acceptors (Lipinski definition) is 5. The molecule has 5 nitrogen and oxygen atoms in total. The van der Waals surface area contributed by atoms with Gasteiger partial charge in [0, 0.05) is 6.42 Å². The predicted molar refractivity (Wildman–Crippen MR) is 115 cm³/mol. The Labute approximate surface area is 169 Å². The zero-order valence-corrected chi connectivity index (χ0v) is 17.2. The van der Waals surface area contributed by atoms with Crippen LogP contribution in [0, 0.1) is 6.92 Å². The minimum Gasteiger partial charge on any atom is -0.494 e. The molecule has 0 aliphatic heterocycles. The molecule has 0 radical (unpaired) electrons. The van der Waals surface area contributed by atoms with Crippen molar-refractivity contribution >= 4 is 32.6 Å². The average molecular weight is 399 g/mol. The highest BCUT2D eigenvalue weighted by Crippen LogP contribution is 2.29. The number of amides is 1. The van der Waals surface area contributed by atoms with Crippen LogP contribution in [0.15, 0.2) is 42.5 Å². The van der Waals surface area contributed by atoms with E-state index in [-0.39, 0.29) is 5.91 Å². The minimum absolute atomic E-state index is 0.0492. The van der Waals surface area contributed by atoms with Crippen molar-refractivity contribution < 1.29 is 14.3 Å². The summed E-state index contributed by atoms with van der Waals surface area (Å²) in [5.41, 5.74) is 1.96. The highest BCUT2D eigenvalue weighted by Gasteiger charge is 2.09. The number of benzene rings is 2. The molecule has 0 unspecified atom stereocenters. The molecule has 0 saturated carbocycles. The molecule has 0 saturated heterocycles. The van der Waals surface area contributed by atoms with E-state index in [4.69, 9.17) is 9.47 Å². The van der Waals surface area contributed by atoms with Crippen LogP contribution in [-0.4, -0.2) is 24.1 Å². The molecule has 1 aromatic heterocycles. The van der Waals surface area contributed by atoms with Crippen molar-refractivity contribution in [3.05, 3.63) is 48.0 Å². The molecular weight excluding hydrogens is 372 g/mol. The van der Waals surface area contributed by atoms with Crippen LogP contribution >= 0.6 is 11.3 Å². The number of para-hydroxylation sites is 1. The highest BCUT2D eigenvalue weighted by molar-refractivity contribution is 7.22.